The number of carbonyl (C=O) groups excluding carboxylic acids is 2. The predicted molar refractivity (Wildman–Crippen MR) is 148 cm³/mol. The van der Waals surface area contributed by atoms with Gasteiger partial charge in [0, 0.05) is 56.6 Å². The summed E-state index contributed by atoms with van der Waals surface area (Å²) in [6, 6.07) is 5.99. The number of hydrogen-bond acceptors (Lipinski definition) is 7. The second-order valence-electron chi connectivity index (χ2n) is 11.1. The Morgan fingerprint density at radius 1 is 1.21 bits per heavy atom. The molecule has 2 aliphatic rings. The number of nitrogens with zero attached hydrogens (tertiary/aromatic N) is 6. The standard InChI is InChI=1S/C28H38N8O2/c1-17(2)36-26-23(16-31-36)21(27(37)30-15-22-18(3)13-19(4)32-28(22)38)14-24(33-26)20-7-6-8-29-25(20)35-11-9-34(5)10-12-35/h6-8,14,16-19,22H,9-13,15H2,1-5H3,(H,30,37)(H,32,38). The third kappa shape index (κ3) is 5.09. The Kier molecular flexibility index (Phi) is 7.34. The van der Waals surface area contributed by atoms with Gasteiger partial charge < -0.3 is 20.4 Å². The lowest BCUT2D eigenvalue weighted by Gasteiger charge is -2.34. The molecule has 10 heteroatoms. The highest BCUT2D eigenvalue weighted by molar-refractivity contribution is 6.07. The van der Waals surface area contributed by atoms with Gasteiger partial charge in [-0.05, 0) is 58.4 Å². The number of pyridine rings is 2. The second kappa shape index (κ2) is 10.7. The van der Waals surface area contributed by atoms with E-state index in [2.05, 4.69) is 39.5 Å². The SMILES string of the molecule is CC1CC(C)C(CNC(=O)c2cc(-c3cccnc3N3CCN(C)CC3)nc3c2cnn3C(C)C)C(=O)N1. The molecule has 2 aliphatic heterocycles. The number of anilines is 1. The Hall–Kier alpha value is -3.53. The first kappa shape index (κ1) is 26.1. The minimum Gasteiger partial charge on any atom is -0.353 e. The number of hydrogen-bond donors (Lipinski definition) is 2. The van der Waals surface area contributed by atoms with E-state index >= 15 is 0 Å². The van der Waals surface area contributed by atoms with Crippen LogP contribution in [0.5, 0.6) is 0 Å². The quantitative estimate of drug-likeness (QED) is 0.517. The molecule has 0 bridgehead atoms. The smallest absolute Gasteiger partial charge is 0.252 e. The van der Waals surface area contributed by atoms with Crippen LogP contribution in [0.4, 0.5) is 5.82 Å². The Labute approximate surface area is 223 Å². The first-order valence-electron chi connectivity index (χ1n) is 13.6. The van der Waals surface area contributed by atoms with E-state index in [4.69, 9.17) is 9.97 Å². The Bertz CT molecular complexity index is 1330. The van der Waals surface area contributed by atoms with Crippen molar-refractivity contribution in [2.45, 2.75) is 46.2 Å². The molecule has 202 valence electrons. The molecular weight excluding hydrogens is 480 g/mol. The summed E-state index contributed by atoms with van der Waals surface area (Å²) in [5.74, 6) is 0.573. The van der Waals surface area contributed by atoms with Crippen LogP contribution in [0.25, 0.3) is 22.3 Å². The average molecular weight is 519 g/mol. The Morgan fingerprint density at radius 2 is 1.97 bits per heavy atom. The van der Waals surface area contributed by atoms with E-state index in [9.17, 15) is 9.59 Å². The third-order valence-electron chi connectivity index (χ3n) is 7.79. The van der Waals surface area contributed by atoms with Crippen LogP contribution in [0, 0.1) is 11.8 Å². The third-order valence-corrected chi connectivity index (χ3v) is 7.79. The van der Waals surface area contributed by atoms with Crippen molar-refractivity contribution in [1.29, 1.82) is 0 Å². The minimum absolute atomic E-state index is 0.00285. The molecule has 2 amide bonds. The molecule has 2 N–H and O–H groups in total. The number of rotatable bonds is 6. The van der Waals surface area contributed by atoms with Crippen LogP contribution in [-0.4, -0.2) is 82.3 Å². The van der Waals surface area contributed by atoms with Crippen LogP contribution < -0.4 is 15.5 Å². The summed E-state index contributed by atoms with van der Waals surface area (Å²) in [7, 11) is 2.13. The second-order valence-corrected chi connectivity index (χ2v) is 11.1. The van der Waals surface area contributed by atoms with Crippen molar-refractivity contribution >= 4 is 28.7 Å². The minimum atomic E-state index is -0.257. The summed E-state index contributed by atoms with van der Waals surface area (Å²) in [6.07, 6.45) is 4.41. The lowest BCUT2D eigenvalue weighted by atomic mass is 9.84. The van der Waals surface area contributed by atoms with E-state index in [0.29, 0.717) is 22.3 Å². The largest absolute Gasteiger partial charge is 0.353 e. The summed E-state index contributed by atoms with van der Waals surface area (Å²) < 4.78 is 1.85. The van der Waals surface area contributed by atoms with Gasteiger partial charge in [0.25, 0.3) is 5.91 Å². The molecule has 38 heavy (non-hydrogen) atoms. The maximum Gasteiger partial charge on any atom is 0.252 e. The first-order valence-corrected chi connectivity index (χ1v) is 13.6. The molecule has 3 aromatic heterocycles. The molecule has 5 heterocycles. The van der Waals surface area contributed by atoms with Gasteiger partial charge in [0.1, 0.15) is 5.82 Å². The van der Waals surface area contributed by atoms with Crippen molar-refractivity contribution in [2.75, 3.05) is 44.7 Å². The molecule has 0 aromatic carbocycles. The van der Waals surface area contributed by atoms with Crippen LogP contribution in [0.15, 0.2) is 30.6 Å². The lowest BCUT2D eigenvalue weighted by Crippen LogP contribution is -2.50. The molecule has 0 spiro atoms. The van der Waals surface area contributed by atoms with Crippen LogP contribution in [0.3, 0.4) is 0 Å². The normalized spacial score (nSPS) is 22.6. The number of amides is 2. The Balaban J connectivity index is 1.51. The highest BCUT2D eigenvalue weighted by Crippen LogP contribution is 2.32. The zero-order chi connectivity index (χ0) is 27.0. The monoisotopic (exact) mass is 518 g/mol. The van der Waals surface area contributed by atoms with Crippen molar-refractivity contribution in [3.63, 3.8) is 0 Å². The zero-order valence-electron chi connectivity index (χ0n) is 22.9. The van der Waals surface area contributed by atoms with Crippen LogP contribution in [0.1, 0.15) is 50.5 Å². The number of aromatic nitrogens is 4. The molecule has 0 saturated carbocycles. The summed E-state index contributed by atoms with van der Waals surface area (Å²) in [5, 5.41) is 11.3. The number of piperazine rings is 1. The van der Waals surface area contributed by atoms with Gasteiger partial charge in [-0.1, -0.05) is 6.92 Å². The van der Waals surface area contributed by atoms with Gasteiger partial charge in [-0.15, -0.1) is 0 Å². The van der Waals surface area contributed by atoms with Crippen molar-refractivity contribution in [3.8, 4) is 11.3 Å². The van der Waals surface area contributed by atoms with E-state index in [1.807, 2.05) is 43.7 Å². The molecule has 5 rings (SSSR count). The summed E-state index contributed by atoms with van der Waals surface area (Å²) in [6.45, 7) is 12.1. The molecule has 0 aliphatic carbocycles. The van der Waals surface area contributed by atoms with Gasteiger partial charge >= 0.3 is 0 Å². The van der Waals surface area contributed by atoms with Gasteiger partial charge in [0.05, 0.1) is 28.8 Å². The van der Waals surface area contributed by atoms with Crippen LogP contribution in [0.2, 0.25) is 0 Å². The van der Waals surface area contributed by atoms with Crippen molar-refractivity contribution in [1.82, 2.24) is 35.3 Å². The van der Waals surface area contributed by atoms with Crippen molar-refractivity contribution in [2.24, 2.45) is 11.8 Å². The first-order chi connectivity index (χ1) is 18.2. The topological polar surface area (TPSA) is 108 Å². The van der Waals surface area contributed by atoms with E-state index < -0.39 is 0 Å². The van der Waals surface area contributed by atoms with Crippen LogP contribution >= 0.6 is 0 Å². The Morgan fingerprint density at radius 3 is 2.68 bits per heavy atom. The maximum absolute atomic E-state index is 13.6. The molecule has 3 atom stereocenters. The molecule has 2 fully saturated rings. The fourth-order valence-electron chi connectivity index (χ4n) is 5.57. The van der Waals surface area contributed by atoms with E-state index in [1.54, 1.807) is 12.4 Å². The maximum atomic E-state index is 13.6. The predicted octanol–water partition coefficient (Wildman–Crippen LogP) is 2.72. The van der Waals surface area contributed by atoms with Crippen molar-refractivity contribution in [3.05, 3.63) is 36.2 Å². The van der Waals surface area contributed by atoms with Gasteiger partial charge in [0.15, 0.2) is 5.65 Å². The van der Waals surface area contributed by atoms with E-state index in [0.717, 1.165) is 44.0 Å². The highest BCUT2D eigenvalue weighted by Gasteiger charge is 2.32. The number of fused-ring (bicyclic) bond motifs is 1. The zero-order valence-corrected chi connectivity index (χ0v) is 22.9. The lowest BCUT2D eigenvalue weighted by molar-refractivity contribution is -0.129. The molecule has 0 radical (unpaired) electrons. The molecular formula is C28H38N8O2. The molecule has 10 nitrogen and oxygen atoms in total. The van der Waals surface area contributed by atoms with Gasteiger partial charge in [-0.3, -0.25) is 9.59 Å². The average Bonchev–Trinajstić information content (AvgIpc) is 3.32. The highest BCUT2D eigenvalue weighted by atomic mass is 16.2. The fraction of sp³-hybridized carbons (Fsp3) is 0.536. The number of carbonyl (C=O) groups is 2. The molecule has 2 saturated heterocycles. The summed E-state index contributed by atoms with van der Waals surface area (Å²) in [5.41, 5.74) is 2.74. The van der Waals surface area contributed by atoms with Gasteiger partial charge in [-0.25, -0.2) is 14.6 Å². The summed E-state index contributed by atoms with van der Waals surface area (Å²) in [4.78, 5) is 40.5. The van der Waals surface area contributed by atoms with Gasteiger partial charge in [0.2, 0.25) is 5.91 Å². The van der Waals surface area contributed by atoms with Crippen LogP contribution in [-0.2, 0) is 4.79 Å². The molecule has 3 aromatic rings. The summed E-state index contributed by atoms with van der Waals surface area (Å²) >= 11 is 0. The number of likely N-dealkylation sites (N-methyl/N-ethyl adjacent to an activating group) is 1. The molecule has 3 unspecified atom stereocenters. The van der Waals surface area contributed by atoms with Crippen molar-refractivity contribution < 1.29 is 9.59 Å². The number of nitrogens with one attached hydrogen (secondary N) is 2. The van der Waals surface area contributed by atoms with Gasteiger partial charge in [-0.2, -0.15) is 5.10 Å². The van der Waals surface area contributed by atoms with E-state index in [-0.39, 0.29) is 42.3 Å². The van der Waals surface area contributed by atoms with E-state index in [1.165, 1.54) is 0 Å². The fourth-order valence-corrected chi connectivity index (χ4v) is 5.57. The number of piperidine rings is 1.